The van der Waals surface area contributed by atoms with Gasteiger partial charge in [0.15, 0.2) is 9.84 Å². The number of rotatable bonds is 4. The van der Waals surface area contributed by atoms with Crippen molar-refractivity contribution in [1.82, 2.24) is 0 Å². The lowest BCUT2D eigenvalue weighted by Crippen LogP contribution is -2.34. The van der Waals surface area contributed by atoms with E-state index in [0.29, 0.717) is 5.57 Å². The van der Waals surface area contributed by atoms with Crippen LogP contribution in [0, 0.1) is 18.8 Å². The van der Waals surface area contributed by atoms with Crippen LogP contribution in [0.5, 0.6) is 0 Å². The molecule has 0 radical (unpaired) electrons. The third-order valence-corrected chi connectivity index (χ3v) is 6.86. The molecular formula is C19H20O5S. The molecule has 1 aromatic carbocycles. The molecular weight excluding hydrogens is 340 g/mol. The molecule has 1 aliphatic carbocycles. The van der Waals surface area contributed by atoms with Gasteiger partial charge in [0.1, 0.15) is 6.10 Å². The van der Waals surface area contributed by atoms with Crippen molar-refractivity contribution in [2.24, 2.45) is 11.8 Å². The highest BCUT2D eigenvalue weighted by Gasteiger charge is 2.54. The molecule has 25 heavy (non-hydrogen) atoms. The fourth-order valence-corrected chi connectivity index (χ4v) is 5.46. The van der Waals surface area contributed by atoms with E-state index in [0.717, 1.165) is 5.56 Å². The van der Waals surface area contributed by atoms with Crippen molar-refractivity contribution in [2.45, 2.75) is 37.1 Å². The molecule has 0 N–H and O–H groups in total. The average molecular weight is 360 g/mol. The second-order valence-electron chi connectivity index (χ2n) is 6.95. The van der Waals surface area contributed by atoms with Crippen LogP contribution in [0.3, 0.4) is 0 Å². The van der Waals surface area contributed by atoms with Gasteiger partial charge in [0.25, 0.3) is 0 Å². The summed E-state index contributed by atoms with van der Waals surface area (Å²) in [6.45, 7) is 3.26. The highest BCUT2D eigenvalue weighted by molar-refractivity contribution is 7.91. The van der Waals surface area contributed by atoms with Gasteiger partial charge in [-0.15, -0.1) is 0 Å². The summed E-state index contributed by atoms with van der Waals surface area (Å²) in [5, 5.41) is 0. The van der Waals surface area contributed by atoms with Crippen LogP contribution >= 0.6 is 0 Å². The largest absolute Gasteiger partial charge is 0.458 e. The Morgan fingerprint density at radius 1 is 1.16 bits per heavy atom. The fourth-order valence-electron chi connectivity index (χ4n) is 4.05. The maximum absolute atomic E-state index is 12.8. The topological polar surface area (TPSA) is 69.7 Å². The van der Waals surface area contributed by atoms with Crippen LogP contribution in [0.4, 0.5) is 0 Å². The van der Waals surface area contributed by atoms with Gasteiger partial charge in [-0.2, -0.15) is 0 Å². The Kier molecular flexibility index (Phi) is 3.85. The summed E-state index contributed by atoms with van der Waals surface area (Å²) in [7, 11) is -3.50. The molecule has 5 nitrogen and oxygen atoms in total. The second-order valence-corrected chi connectivity index (χ2v) is 8.94. The quantitative estimate of drug-likeness (QED) is 0.608. The normalized spacial score (nSPS) is 32.6. The Morgan fingerprint density at radius 3 is 2.52 bits per heavy atom. The minimum Gasteiger partial charge on any atom is -0.458 e. The molecule has 6 heteroatoms. The van der Waals surface area contributed by atoms with E-state index >= 15 is 0 Å². The first-order chi connectivity index (χ1) is 11.8. The highest BCUT2D eigenvalue weighted by atomic mass is 32.2. The lowest BCUT2D eigenvalue weighted by atomic mass is 9.84. The molecule has 1 fully saturated rings. The second kappa shape index (κ2) is 5.81. The molecule has 0 spiro atoms. The van der Waals surface area contributed by atoms with Crippen LogP contribution in [0.25, 0.3) is 0 Å². The molecule has 0 saturated carbocycles. The van der Waals surface area contributed by atoms with Gasteiger partial charge in [-0.25, -0.2) is 8.42 Å². The van der Waals surface area contributed by atoms with Crippen molar-refractivity contribution in [2.75, 3.05) is 5.75 Å². The molecule has 1 saturated heterocycles. The molecule has 0 aromatic heterocycles. The number of esters is 1. The summed E-state index contributed by atoms with van der Waals surface area (Å²) in [4.78, 5) is 11.8. The number of aryl methyl sites for hydroxylation is 1. The average Bonchev–Trinajstić information content (AvgIpc) is 3.21. The summed E-state index contributed by atoms with van der Waals surface area (Å²) < 4.78 is 36.9. The van der Waals surface area contributed by atoms with E-state index in [1.807, 2.05) is 25.2 Å². The summed E-state index contributed by atoms with van der Waals surface area (Å²) in [5.74, 6) is -0.499. The highest BCUT2D eigenvalue weighted by Crippen LogP contribution is 2.49. The minimum atomic E-state index is -3.50. The lowest BCUT2D eigenvalue weighted by molar-refractivity contribution is -0.147. The van der Waals surface area contributed by atoms with Gasteiger partial charge >= 0.3 is 5.97 Å². The van der Waals surface area contributed by atoms with E-state index < -0.39 is 21.9 Å². The number of hydrogen-bond acceptors (Lipinski definition) is 5. The van der Waals surface area contributed by atoms with Crippen molar-refractivity contribution < 1.29 is 22.7 Å². The monoisotopic (exact) mass is 360 g/mol. The molecule has 2 bridgehead atoms. The first kappa shape index (κ1) is 16.5. The zero-order valence-electron chi connectivity index (χ0n) is 14.1. The molecule has 2 heterocycles. The zero-order valence-corrected chi connectivity index (χ0v) is 14.9. The van der Waals surface area contributed by atoms with E-state index in [-0.39, 0.29) is 34.7 Å². The van der Waals surface area contributed by atoms with Crippen LogP contribution in [0.1, 0.15) is 12.5 Å². The first-order valence-corrected chi connectivity index (χ1v) is 10.0. The summed E-state index contributed by atoms with van der Waals surface area (Å²) in [5.41, 5.74) is 1.67. The van der Waals surface area contributed by atoms with Crippen LogP contribution in [-0.2, 0) is 24.1 Å². The van der Waals surface area contributed by atoms with Gasteiger partial charge < -0.3 is 9.47 Å². The third-order valence-electron chi connectivity index (χ3n) is 5.16. The van der Waals surface area contributed by atoms with Gasteiger partial charge in [-0.3, -0.25) is 4.79 Å². The van der Waals surface area contributed by atoms with Crippen molar-refractivity contribution in [1.29, 1.82) is 0 Å². The fraction of sp³-hybridized carbons (Fsp3) is 0.421. The van der Waals surface area contributed by atoms with Crippen LogP contribution in [0.15, 0.2) is 53.0 Å². The van der Waals surface area contributed by atoms with E-state index in [1.165, 1.54) is 6.92 Å². The van der Waals surface area contributed by atoms with Crippen LogP contribution in [0.2, 0.25) is 0 Å². The Hall–Kier alpha value is -1.92. The molecule has 1 aromatic rings. The van der Waals surface area contributed by atoms with E-state index in [2.05, 4.69) is 0 Å². The van der Waals surface area contributed by atoms with E-state index in [4.69, 9.17) is 9.47 Å². The zero-order chi connectivity index (χ0) is 17.8. The van der Waals surface area contributed by atoms with Crippen molar-refractivity contribution in [3.8, 4) is 0 Å². The number of ether oxygens (including phenoxy) is 2. The Labute approximate surface area is 147 Å². The molecule has 0 unspecified atom stereocenters. The van der Waals surface area contributed by atoms with Gasteiger partial charge in [-0.05, 0) is 24.6 Å². The van der Waals surface area contributed by atoms with Crippen LogP contribution in [-0.4, -0.2) is 38.5 Å². The Balaban J connectivity index is 1.63. The Morgan fingerprint density at radius 2 is 1.84 bits per heavy atom. The number of carbonyl (C=O) groups is 1. The third kappa shape index (κ3) is 2.83. The number of sulfone groups is 1. The summed E-state index contributed by atoms with van der Waals surface area (Å²) >= 11 is 0. The maximum atomic E-state index is 12.8. The minimum absolute atomic E-state index is 0.0258. The molecule has 0 amide bonds. The van der Waals surface area contributed by atoms with Gasteiger partial charge in [-0.1, -0.05) is 35.9 Å². The predicted octanol–water partition coefficient (Wildman–Crippen LogP) is 2.21. The number of benzene rings is 1. The number of fused-ring (bicyclic) bond motifs is 5. The van der Waals surface area contributed by atoms with Crippen molar-refractivity contribution >= 4 is 15.8 Å². The summed E-state index contributed by atoms with van der Waals surface area (Å²) in [6, 6.07) is 6.81. The SMILES string of the molecule is CC(=O)O[C@@H]1C(CS(=O)(=O)c2ccc(C)cc2)=C[C@H]2[C@@H]1[C@@H]1C=C[C@H]2O1. The number of carbonyl (C=O) groups excluding carboxylic acids is 1. The standard InChI is InChI=1S/C19H20O5S/c1-11-3-5-14(6-4-11)25(21,22)10-13-9-15-16-7-8-17(24-16)18(15)19(13)23-12(2)20/h3-9,15-19H,10H2,1-2H3/t15-,16-,17+,18-,19-/m1/s1. The van der Waals surface area contributed by atoms with Gasteiger partial charge in [0.2, 0.25) is 0 Å². The van der Waals surface area contributed by atoms with Crippen molar-refractivity contribution in [3.63, 3.8) is 0 Å². The van der Waals surface area contributed by atoms with E-state index in [1.54, 1.807) is 24.3 Å². The van der Waals surface area contributed by atoms with Crippen LogP contribution < -0.4 is 0 Å². The molecule has 3 aliphatic rings. The Bertz CT molecular complexity index is 866. The molecule has 132 valence electrons. The number of hydrogen-bond donors (Lipinski definition) is 0. The first-order valence-electron chi connectivity index (χ1n) is 8.36. The van der Waals surface area contributed by atoms with Gasteiger partial charge in [0, 0.05) is 18.8 Å². The smallest absolute Gasteiger partial charge is 0.303 e. The maximum Gasteiger partial charge on any atom is 0.303 e. The van der Waals surface area contributed by atoms with E-state index in [9.17, 15) is 13.2 Å². The molecule has 4 rings (SSSR count). The molecule has 5 atom stereocenters. The summed E-state index contributed by atoms with van der Waals surface area (Å²) in [6.07, 6.45) is 5.22. The van der Waals surface area contributed by atoms with Crippen molar-refractivity contribution in [3.05, 3.63) is 53.6 Å². The van der Waals surface area contributed by atoms with Gasteiger partial charge in [0.05, 0.1) is 22.9 Å². The lowest BCUT2D eigenvalue weighted by Gasteiger charge is -2.25. The molecule has 2 aliphatic heterocycles. The predicted molar refractivity (Wildman–Crippen MR) is 91.6 cm³/mol.